The molecule has 0 radical (unpaired) electrons. The van der Waals surface area contributed by atoms with Crippen molar-refractivity contribution < 1.29 is 38.1 Å². The molecule has 0 aromatic heterocycles. The summed E-state index contributed by atoms with van der Waals surface area (Å²) in [5.74, 6) is 1.29. The van der Waals surface area contributed by atoms with E-state index >= 15 is 0 Å². The van der Waals surface area contributed by atoms with Gasteiger partial charge in [-0.2, -0.15) is 0 Å². The number of carbonyl (C=O) groups excluding carboxylic acids is 4. The fourth-order valence-electron chi connectivity index (χ4n) is 13.9. The molecule has 4 aliphatic heterocycles. The average Bonchev–Trinajstić information content (AvgIpc) is 1.68. The van der Waals surface area contributed by atoms with Crippen molar-refractivity contribution in [2.24, 2.45) is 0 Å². The summed E-state index contributed by atoms with van der Waals surface area (Å²) in [7, 11) is 0. The standard InChI is InChI=1S/C77H64N4O8/c1-9-78(65-25-17-11-19-47(65)3)55-35-37-61-71(41-55)86-69-39-49(5)67(43-63(69)76(61)59-23-15-13-21-57(59)73(84)88-76)80(45-82)53-31-27-51(28-32-53)75(7,8)52-29-33-54(34-30-52)81(46-83)68-44-64-70(40-50(68)6)87-72-42-56(79(10-2)66-26-18-12-20-48(66)4)36-38-62(72)77(64)60-24-16-14-22-58(60)74(85)89-77/h11-46H,9-10H2,1-8H3. The Morgan fingerprint density at radius 1 is 0.382 bits per heavy atom. The zero-order valence-electron chi connectivity index (χ0n) is 50.8. The number of ether oxygens (including phenoxy) is 4. The minimum Gasteiger partial charge on any atom is -0.456 e. The van der Waals surface area contributed by atoms with Gasteiger partial charge in [-0.05, 0) is 172 Å². The Kier molecular flexibility index (Phi) is 13.4. The van der Waals surface area contributed by atoms with Gasteiger partial charge in [0, 0.05) is 98.1 Å². The monoisotopic (exact) mass is 1170 g/mol. The normalized spacial score (nSPS) is 16.3. The second kappa shape index (κ2) is 21.3. The average molecular weight is 1170 g/mol. The van der Waals surface area contributed by atoms with E-state index in [9.17, 15) is 19.2 Å². The fraction of sp³-hybridized carbons (Fsp3) is 0.169. The quantitative estimate of drug-likeness (QED) is 0.0769. The molecule has 440 valence electrons. The van der Waals surface area contributed by atoms with Gasteiger partial charge >= 0.3 is 11.9 Å². The SMILES string of the molecule is CCN(c1ccc2c(c1)Oc1cc(C)c(N(C=O)c3ccc(C(C)(C)c4ccc(N(C=O)c5cc6c(cc5C)Oc5cc(N(CC)c7ccccc7C)ccc5C65OC(=O)c6ccccc65)cc4)cc3)cc1C21OC(=O)c2ccccc21)c1ccccc1C. The number of fused-ring (bicyclic) bond motifs is 12. The van der Waals surface area contributed by atoms with Crippen LogP contribution in [0.2, 0.25) is 0 Å². The second-order valence-electron chi connectivity index (χ2n) is 23.8. The zero-order chi connectivity index (χ0) is 61.7. The van der Waals surface area contributed by atoms with Gasteiger partial charge in [-0.3, -0.25) is 19.4 Å². The summed E-state index contributed by atoms with van der Waals surface area (Å²) in [5, 5.41) is 0. The molecule has 2 unspecified atom stereocenters. The van der Waals surface area contributed by atoms with Gasteiger partial charge in [-0.15, -0.1) is 0 Å². The Balaban J connectivity index is 0.763. The third-order valence-corrected chi connectivity index (χ3v) is 18.6. The van der Waals surface area contributed by atoms with E-state index in [2.05, 4.69) is 75.6 Å². The molecule has 10 aromatic rings. The van der Waals surface area contributed by atoms with Gasteiger partial charge in [0.2, 0.25) is 12.8 Å². The minimum absolute atomic E-state index is 0.444. The molecular weight excluding hydrogens is 1110 g/mol. The number of esters is 2. The Bertz CT molecular complexity index is 4290. The number of carbonyl (C=O) groups is 4. The lowest BCUT2D eigenvalue weighted by molar-refractivity contribution is -0.107. The lowest BCUT2D eigenvalue weighted by Crippen LogP contribution is -2.33. The van der Waals surface area contributed by atoms with Crippen molar-refractivity contribution >= 4 is 70.3 Å². The molecule has 10 aromatic carbocycles. The molecule has 0 aliphatic carbocycles. The molecule has 14 rings (SSSR count). The Morgan fingerprint density at radius 2 is 0.742 bits per heavy atom. The summed E-state index contributed by atoms with van der Waals surface area (Å²) in [4.78, 5) is 62.6. The third kappa shape index (κ3) is 8.63. The largest absolute Gasteiger partial charge is 0.456 e. The van der Waals surface area contributed by atoms with Crippen LogP contribution in [0.15, 0.2) is 206 Å². The first-order valence-corrected chi connectivity index (χ1v) is 30.1. The van der Waals surface area contributed by atoms with Gasteiger partial charge in [0.1, 0.15) is 23.0 Å². The molecule has 2 spiro atoms. The maximum Gasteiger partial charge on any atom is 0.340 e. The van der Waals surface area contributed by atoms with Crippen molar-refractivity contribution in [1.29, 1.82) is 0 Å². The van der Waals surface area contributed by atoms with Crippen LogP contribution in [0.4, 0.5) is 45.5 Å². The summed E-state index contributed by atoms with van der Waals surface area (Å²) in [5.41, 5.74) is 13.9. The summed E-state index contributed by atoms with van der Waals surface area (Å²) < 4.78 is 26.9. The molecule has 0 saturated carbocycles. The molecule has 2 atom stereocenters. The number of amides is 2. The van der Waals surface area contributed by atoms with Gasteiger partial charge in [0.05, 0.1) is 22.5 Å². The molecule has 12 heteroatoms. The summed E-state index contributed by atoms with van der Waals surface area (Å²) in [6, 6.07) is 67.1. The highest BCUT2D eigenvalue weighted by Crippen LogP contribution is 2.60. The van der Waals surface area contributed by atoms with E-state index in [4.69, 9.17) is 18.9 Å². The summed E-state index contributed by atoms with van der Waals surface area (Å²) in [6.07, 6.45) is 1.61. The highest BCUT2D eigenvalue weighted by molar-refractivity contribution is 5.99. The summed E-state index contributed by atoms with van der Waals surface area (Å²) >= 11 is 0. The van der Waals surface area contributed by atoms with Crippen LogP contribution >= 0.6 is 0 Å². The summed E-state index contributed by atoms with van der Waals surface area (Å²) in [6.45, 7) is 18.0. The number of anilines is 8. The van der Waals surface area contributed by atoms with Gasteiger partial charge in [-0.1, -0.05) is 111 Å². The van der Waals surface area contributed by atoms with E-state index in [1.807, 2.05) is 184 Å². The zero-order valence-corrected chi connectivity index (χ0v) is 50.8. The van der Waals surface area contributed by atoms with E-state index in [1.54, 1.807) is 21.9 Å². The molecular formula is C77H64N4O8. The van der Waals surface area contributed by atoms with Crippen LogP contribution in [-0.4, -0.2) is 37.8 Å². The van der Waals surface area contributed by atoms with E-state index in [0.717, 1.165) is 69.0 Å². The smallest absolute Gasteiger partial charge is 0.340 e. The van der Waals surface area contributed by atoms with Crippen molar-refractivity contribution in [1.82, 2.24) is 0 Å². The number of aryl methyl sites for hydroxylation is 4. The molecule has 0 N–H and O–H groups in total. The topological polar surface area (TPSA) is 118 Å². The first kappa shape index (κ1) is 56.1. The van der Waals surface area contributed by atoms with E-state index in [0.29, 0.717) is 103 Å². The molecule has 12 nitrogen and oxygen atoms in total. The highest BCUT2D eigenvalue weighted by Gasteiger charge is 2.56. The molecule has 0 fully saturated rings. The van der Waals surface area contributed by atoms with Crippen LogP contribution in [0, 0.1) is 27.7 Å². The highest BCUT2D eigenvalue weighted by atomic mass is 16.6. The molecule has 0 bridgehead atoms. The van der Waals surface area contributed by atoms with Crippen molar-refractivity contribution in [2.45, 2.75) is 72.0 Å². The van der Waals surface area contributed by atoms with Crippen molar-refractivity contribution in [2.75, 3.05) is 32.7 Å². The fourth-order valence-corrected chi connectivity index (χ4v) is 13.9. The van der Waals surface area contributed by atoms with Gasteiger partial charge < -0.3 is 28.7 Å². The van der Waals surface area contributed by atoms with Crippen molar-refractivity contribution in [3.05, 3.63) is 284 Å². The molecule has 4 aliphatic rings. The number of nitrogens with zero attached hydrogens (tertiary/aromatic N) is 4. The van der Waals surface area contributed by atoms with Gasteiger partial charge in [0.25, 0.3) is 0 Å². The van der Waals surface area contributed by atoms with Crippen molar-refractivity contribution in [3.8, 4) is 23.0 Å². The molecule has 89 heavy (non-hydrogen) atoms. The lowest BCUT2D eigenvalue weighted by Gasteiger charge is -2.38. The number of hydrogen-bond donors (Lipinski definition) is 0. The van der Waals surface area contributed by atoms with Crippen LogP contribution < -0.4 is 29.1 Å². The van der Waals surface area contributed by atoms with Gasteiger partial charge in [-0.25, -0.2) is 9.59 Å². The Morgan fingerprint density at radius 3 is 1.12 bits per heavy atom. The maximum atomic E-state index is 14.0. The number of para-hydroxylation sites is 2. The number of rotatable bonds is 14. The number of benzene rings is 10. The Labute approximate surface area is 517 Å². The molecule has 4 heterocycles. The number of hydrogen-bond acceptors (Lipinski definition) is 10. The van der Waals surface area contributed by atoms with Crippen LogP contribution in [0.1, 0.15) is 115 Å². The first-order chi connectivity index (χ1) is 43.1. The van der Waals surface area contributed by atoms with E-state index in [-0.39, 0.29) is 0 Å². The van der Waals surface area contributed by atoms with Crippen LogP contribution in [0.25, 0.3) is 0 Å². The maximum absolute atomic E-state index is 14.0. The third-order valence-electron chi connectivity index (χ3n) is 18.6. The lowest BCUT2D eigenvalue weighted by atomic mass is 9.77. The first-order valence-electron chi connectivity index (χ1n) is 30.1. The second-order valence-corrected chi connectivity index (χ2v) is 23.8. The Hall–Kier alpha value is -10.7. The van der Waals surface area contributed by atoms with Gasteiger partial charge in [0.15, 0.2) is 11.2 Å². The predicted octanol–water partition coefficient (Wildman–Crippen LogP) is 17.3. The minimum atomic E-state index is -1.37. The van der Waals surface area contributed by atoms with Crippen LogP contribution in [0.5, 0.6) is 23.0 Å². The van der Waals surface area contributed by atoms with E-state index < -0.39 is 28.6 Å². The van der Waals surface area contributed by atoms with E-state index in [1.165, 1.54) is 0 Å². The van der Waals surface area contributed by atoms with Crippen LogP contribution in [0.3, 0.4) is 0 Å². The molecule has 0 saturated heterocycles. The predicted molar refractivity (Wildman–Crippen MR) is 348 cm³/mol. The molecule has 2 amide bonds. The van der Waals surface area contributed by atoms with Crippen molar-refractivity contribution in [3.63, 3.8) is 0 Å². The van der Waals surface area contributed by atoms with Crippen LogP contribution in [-0.2, 0) is 35.7 Å².